The fraction of sp³-hybridized carbons (Fsp3) is 0. The van der Waals surface area contributed by atoms with Crippen LogP contribution in [0.25, 0.3) is 109 Å². The number of aromatic nitrogens is 4. The zero-order chi connectivity index (χ0) is 37.5. The molecule has 0 saturated heterocycles. The second kappa shape index (κ2) is 12.6. The second-order valence-corrected chi connectivity index (χ2v) is 15.6. The maximum atomic E-state index is 5.46. The molecule has 0 unspecified atom stereocenters. The Balaban J connectivity index is 1.19. The Bertz CT molecular complexity index is 3500. The molecule has 5 heteroatoms. The van der Waals surface area contributed by atoms with E-state index in [0.29, 0.717) is 5.82 Å². The molecule has 0 aliphatic heterocycles. The molecule has 0 aliphatic carbocycles. The predicted octanol–water partition coefficient (Wildman–Crippen LogP) is 14.0. The summed E-state index contributed by atoms with van der Waals surface area (Å²) in [5.74, 6) is 1.50. The van der Waals surface area contributed by atoms with Crippen LogP contribution in [-0.2, 0) is 0 Å². The van der Waals surface area contributed by atoms with E-state index >= 15 is 0 Å². The van der Waals surface area contributed by atoms with E-state index in [2.05, 4.69) is 203 Å². The van der Waals surface area contributed by atoms with E-state index in [1.807, 2.05) is 11.3 Å². The third-order valence-electron chi connectivity index (χ3n) is 11.4. The smallest absolute Gasteiger partial charge is 0.162 e. The molecular formula is C52H32N4S. The van der Waals surface area contributed by atoms with E-state index in [4.69, 9.17) is 9.97 Å². The van der Waals surface area contributed by atoms with E-state index in [1.165, 1.54) is 58.5 Å². The van der Waals surface area contributed by atoms with Crippen LogP contribution in [0.3, 0.4) is 0 Å². The van der Waals surface area contributed by atoms with Crippen LogP contribution in [0.15, 0.2) is 194 Å². The summed E-state index contributed by atoms with van der Waals surface area (Å²) < 4.78 is 7.45. The molecule has 0 radical (unpaired) electrons. The van der Waals surface area contributed by atoms with Crippen LogP contribution in [0.1, 0.15) is 0 Å². The fourth-order valence-electron chi connectivity index (χ4n) is 8.77. The Hall–Kier alpha value is -7.34. The van der Waals surface area contributed by atoms with Gasteiger partial charge >= 0.3 is 0 Å². The van der Waals surface area contributed by atoms with Crippen molar-refractivity contribution < 1.29 is 0 Å². The van der Waals surface area contributed by atoms with Gasteiger partial charge in [0.25, 0.3) is 0 Å². The molecule has 4 nitrogen and oxygen atoms in total. The SMILES string of the molecule is c1ccc(-c2ccc(-c3nc(-c4ccccc4)cc(-n4c5ccccc5c5ccc6c7ccccc7n(-c7cccc8c7sc7ccccc78)c6c54)n3)cc2)cc1. The molecule has 12 aromatic rings. The monoisotopic (exact) mass is 744 g/mol. The van der Waals surface area contributed by atoms with Crippen LogP contribution in [0, 0.1) is 0 Å². The number of hydrogen-bond acceptors (Lipinski definition) is 3. The van der Waals surface area contributed by atoms with Crippen molar-refractivity contribution in [3.63, 3.8) is 0 Å². The van der Waals surface area contributed by atoms with Crippen LogP contribution in [0.4, 0.5) is 0 Å². The number of fused-ring (bicyclic) bond motifs is 10. The molecule has 0 aliphatic rings. The number of benzene rings is 8. The zero-order valence-electron chi connectivity index (χ0n) is 30.7. The van der Waals surface area contributed by atoms with Crippen molar-refractivity contribution in [3.05, 3.63) is 194 Å². The highest BCUT2D eigenvalue weighted by atomic mass is 32.1. The van der Waals surface area contributed by atoms with Crippen molar-refractivity contribution in [2.45, 2.75) is 0 Å². The summed E-state index contributed by atoms with van der Waals surface area (Å²) in [4.78, 5) is 10.7. The Kier molecular flexibility index (Phi) is 7.06. The van der Waals surface area contributed by atoms with E-state index in [0.717, 1.165) is 44.8 Å². The van der Waals surface area contributed by atoms with E-state index in [1.54, 1.807) is 0 Å². The van der Waals surface area contributed by atoms with Crippen LogP contribution in [0.2, 0.25) is 0 Å². The predicted molar refractivity (Wildman–Crippen MR) is 240 cm³/mol. The number of para-hydroxylation sites is 2. The number of rotatable bonds is 5. The van der Waals surface area contributed by atoms with Crippen LogP contribution >= 0.6 is 11.3 Å². The Morgan fingerprint density at radius 1 is 0.368 bits per heavy atom. The van der Waals surface area contributed by atoms with E-state index in [9.17, 15) is 0 Å². The van der Waals surface area contributed by atoms with Crippen molar-refractivity contribution in [3.8, 4) is 45.3 Å². The minimum Gasteiger partial charge on any atom is -0.306 e. The highest BCUT2D eigenvalue weighted by Crippen LogP contribution is 2.45. The Morgan fingerprint density at radius 3 is 1.63 bits per heavy atom. The lowest BCUT2D eigenvalue weighted by atomic mass is 10.0. The first kappa shape index (κ1) is 32.0. The molecule has 0 bridgehead atoms. The number of nitrogens with zero attached hydrogens (tertiary/aromatic N) is 4. The number of thiophene rings is 1. The average molecular weight is 745 g/mol. The van der Waals surface area contributed by atoms with Crippen molar-refractivity contribution in [2.75, 3.05) is 0 Å². The van der Waals surface area contributed by atoms with Crippen molar-refractivity contribution >= 4 is 75.1 Å². The zero-order valence-corrected chi connectivity index (χ0v) is 31.5. The van der Waals surface area contributed by atoms with Gasteiger partial charge in [-0.25, -0.2) is 9.97 Å². The molecular weight excluding hydrogens is 713 g/mol. The molecule has 0 N–H and O–H groups in total. The third kappa shape index (κ3) is 4.93. The molecule has 266 valence electrons. The first-order valence-corrected chi connectivity index (χ1v) is 20.1. The van der Waals surface area contributed by atoms with Gasteiger partial charge in [0.15, 0.2) is 5.82 Å². The molecule has 4 heterocycles. The maximum Gasteiger partial charge on any atom is 0.162 e. The minimum absolute atomic E-state index is 0.680. The molecule has 0 fully saturated rings. The molecule has 0 saturated carbocycles. The first-order valence-electron chi connectivity index (χ1n) is 19.3. The lowest BCUT2D eigenvalue weighted by molar-refractivity contribution is 1.05. The lowest BCUT2D eigenvalue weighted by Gasteiger charge is -2.14. The van der Waals surface area contributed by atoms with Gasteiger partial charge in [-0.1, -0.05) is 164 Å². The van der Waals surface area contributed by atoms with E-state index < -0.39 is 0 Å². The first-order chi connectivity index (χ1) is 28.3. The summed E-state index contributed by atoms with van der Waals surface area (Å²) in [7, 11) is 0. The standard InChI is InChI=1S/C52H32N4S/c1-3-14-33(15-4-1)34-26-28-36(29-27-34)52-53-43(35-16-5-2-6-17-35)32-48(54-52)56-45-23-11-8-19-38(45)41-31-30-40-37-18-7-10-22-44(37)55(49(40)50(41)56)46-24-13-21-42-39-20-9-12-25-47(39)57-51(42)46/h1-32H. The molecule has 12 rings (SSSR count). The normalized spacial score (nSPS) is 11.9. The quantitative estimate of drug-likeness (QED) is 0.176. The van der Waals surface area contributed by atoms with Crippen molar-refractivity contribution in [2.24, 2.45) is 0 Å². The summed E-state index contributed by atoms with van der Waals surface area (Å²) in [6.07, 6.45) is 0. The highest BCUT2D eigenvalue weighted by Gasteiger charge is 2.24. The summed E-state index contributed by atoms with van der Waals surface area (Å²) in [6.45, 7) is 0. The second-order valence-electron chi connectivity index (χ2n) is 14.6. The van der Waals surface area contributed by atoms with Gasteiger partial charge in [-0.05, 0) is 35.4 Å². The maximum absolute atomic E-state index is 5.46. The number of hydrogen-bond donors (Lipinski definition) is 0. The third-order valence-corrected chi connectivity index (χ3v) is 12.6. The van der Waals surface area contributed by atoms with Gasteiger partial charge in [0.1, 0.15) is 5.82 Å². The van der Waals surface area contributed by atoms with Gasteiger partial charge < -0.3 is 4.57 Å². The molecule has 0 spiro atoms. The van der Waals surface area contributed by atoms with Crippen LogP contribution in [-0.4, -0.2) is 19.1 Å². The molecule has 8 aromatic carbocycles. The average Bonchev–Trinajstić information content (AvgIpc) is 3.95. The van der Waals surface area contributed by atoms with Crippen LogP contribution in [0.5, 0.6) is 0 Å². The van der Waals surface area contributed by atoms with Gasteiger partial charge in [-0.15, -0.1) is 11.3 Å². The van der Waals surface area contributed by atoms with Gasteiger partial charge in [0, 0.05) is 54.2 Å². The summed E-state index contributed by atoms with van der Waals surface area (Å²) >= 11 is 1.87. The summed E-state index contributed by atoms with van der Waals surface area (Å²) in [5.41, 5.74) is 10.9. The Morgan fingerprint density at radius 2 is 0.912 bits per heavy atom. The molecule has 4 aromatic heterocycles. The molecule has 57 heavy (non-hydrogen) atoms. The summed E-state index contributed by atoms with van der Waals surface area (Å²) in [5, 5.41) is 7.35. The van der Waals surface area contributed by atoms with E-state index in [-0.39, 0.29) is 0 Å². The fourth-order valence-corrected chi connectivity index (χ4v) is 9.98. The Labute approximate surface area is 332 Å². The van der Waals surface area contributed by atoms with Gasteiger partial charge in [0.05, 0.1) is 38.1 Å². The summed E-state index contributed by atoms with van der Waals surface area (Å²) in [6, 6.07) is 69.4. The highest BCUT2D eigenvalue weighted by molar-refractivity contribution is 7.26. The van der Waals surface area contributed by atoms with Gasteiger partial charge in [-0.2, -0.15) is 0 Å². The minimum atomic E-state index is 0.680. The molecule has 0 atom stereocenters. The largest absolute Gasteiger partial charge is 0.306 e. The van der Waals surface area contributed by atoms with Crippen LogP contribution < -0.4 is 0 Å². The topological polar surface area (TPSA) is 35.6 Å². The molecule has 0 amide bonds. The van der Waals surface area contributed by atoms with Gasteiger partial charge in [-0.3, -0.25) is 4.57 Å². The van der Waals surface area contributed by atoms with Crippen molar-refractivity contribution in [1.82, 2.24) is 19.1 Å². The van der Waals surface area contributed by atoms with Gasteiger partial charge in [0.2, 0.25) is 0 Å². The van der Waals surface area contributed by atoms with Crippen molar-refractivity contribution in [1.29, 1.82) is 0 Å². The lowest BCUT2D eigenvalue weighted by Crippen LogP contribution is -2.04.